The van der Waals surface area contributed by atoms with Crippen LogP contribution in [-0.2, 0) is 9.53 Å². The predicted molar refractivity (Wildman–Crippen MR) is 58.4 cm³/mol. The molecule has 1 saturated carbocycles. The average Bonchev–Trinajstić information content (AvgIpc) is 2.04. The van der Waals surface area contributed by atoms with Crippen LogP contribution in [0.1, 0.15) is 33.1 Å². The molecule has 0 saturated heterocycles. The molecular formula is C10H20ClNO2. The van der Waals surface area contributed by atoms with Crippen LogP contribution < -0.4 is 5.73 Å². The Hall–Kier alpha value is -0.280. The van der Waals surface area contributed by atoms with Gasteiger partial charge < -0.3 is 10.5 Å². The van der Waals surface area contributed by atoms with Gasteiger partial charge in [0.05, 0.1) is 12.5 Å². The molecule has 0 bridgehead atoms. The van der Waals surface area contributed by atoms with Crippen LogP contribution in [0.2, 0.25) is 0 Å². The molecule has 0 spiro atoms. The summed E-state index contributed by atoms with van der Waals surface area (Å²) in [5.41, 5.74) is 5.81. The van der Waals surface area contributed by atoms with E-state index in [-0.39, 0.29) is 30.3 Å². The Morgan fingerprint density at radius 1 is 1.50 bits per heavy atom. The second kappa shape index (κ2) is 6.25. The van der Waals surface area contributed by atoms with Gasteiger partial charge in [0.15, 0.2) is 0 Å². The van der Waals surface area contributed by atoms with Crippen molar-refractivity contribution < 1.29 is 9.53 Å². The molecule has 3 atom stereocenters. The zero-order chi connectivity index (χ0) is 9.84. The van der Waals surface area contributed by atoms with Crippen LogP contribution in [0.3, 0.4) is 0 Å². The molecule has 4 heteroatoms. The van der Waals surface area contributed by atoms with E-state index >= 15 is 0 Å². The maximum atomic E-state index is 11.5. The predicted octanol–water partition coefficient (Wildman–Crippen LogP) is 1.73. The molecule has 0 aromatic heterocycles. The number of nitrogens with two attached hydrogens (primary N) is 1. The summed E-state index contributed by atoms with van der Waals surface area (Å²) in [6, 6.07) is 0.278. The van der Waals surface area contributed by atoms with Crippen LogP contribution in [-0.4, -0.2) is 18.6 Å². The Labute approximate surface area is 91.8 Å². The Kier molecular flexibility index (Phi) is 6.12. The quantitative estimate of drug-likeness (QED) is 0.723. The summed E-state index contributed by atoms with van der Waals surface area (Å²) in [6.07, 6.45) is 2.79. The summed E-state index contributed by atoms with van der Waals surface area (Å²) >= 11 is 0. The second-order valence-electron chi connectivity index (χ2n) is 3.91. The monoisotopic (exact) mass is 221 g/mol. The number of hydrogen-bond donors (Lipinski definition) is 1. The summed E-state index contributed by atoms with van der Waals surface area (Å²) in [6.45, 7) is 4.41. The van der Waals surface area contributed by atoms with Gasteiger partial charge in [-0.3, -0.25) is 4.79 Å². The number of esters is 1. The Morgan fingerprint density at radius 3 is 2.64 bits per heavy atom. The maximum absolute atomic E-state index is 11.5. The summed E-state index contributed by atoms with van der Waals surface area (Å²) in [5, 5.41) is 0. The van der Waals surface area contributed by atoms with E-state index in [1.807, 2.05) is 6.92 Å². The lowest BCUT2D eigenvalue weighted by molar-refractivity contribution is -0.151. The van der Waals surface area contributed by atoms with Crippen molar-refractivity contribution in [3.8, 4) is 0 Å². The third-order valence-electron chi connectivity index (χ3n) is 2.80. The number of rotatable bonds is 2. The van der Waals surface area contributed by atoms with Gasteiger partial charge in [-0.1, -0.05) is 6.92 Å². The standard InChI is InChI=1S/C10H19NO2.ClH/c1-3-13-10(12)9-5-4-8(11)6-7(9)2;/h7-9H,3-6,11H2,1-2H3;1H. The molecule has 84 valence electrons. The zero-order valence-corrected chi connectivity index (χ0v) is 9.68. The van der Waals surface area contributed by atoms with Gasteiger partial charge >= 0.3 is 5.97 Å². The maximum Gasteiger partial charge on any atom is 0.309 e. The minimum atomic E-state index is -0.0399. The highest BCUT2D eigenvalue weighted by atomic mass is 35.5. The van der Waals surface area contributed by atoms with E-state index in [0.717, 1.165) is 19.3 Å². The number of carbonyl (C=O) groups is 1. The van der Waals surface area contributed by atoms with Crippen LogP contribution >= 0.6 is 12.4 Å². The van der Waals surface area contributed by atoms with Crippen LogP contribution in [0.4, 0.5) is 0 Å². The van der Waals surface area contributed by atoms with Crippen LogP contribution in [0.25, 0.3) is 0 Å². The van der Waals surface area contributed by atoms with E-state index < -0.39 is 0 Å². The van der Waals surface area contributed by atoms with Gasteiger partial charge in [0.1, 0.15) is 0 Å². The van der Waals surface area contributed by atoms with Crippen LogP contribution in [0.15, 0.2) is 0 Å². The van der Waals surface area contributed by atoms with E-state index in [9.17, 15) is 4.79 Å². The largest absolute Gasteiger partial charge is 0.466 e. The van der Waals surface area contributed by atoms with E-state index in [2.05, 4.69) is 6.92 Å². The minimum Gasteiger partial charge on any atom is -0.466 e. The average molecular weight is 222 g/mol. The van der Waals surface area contributed by atoms with E-state index in [4.69, 9.17) is 10.5 Å². The molecule has 0 aromatic carbocycles. The second-order valence-corrected chi connectivity index (χ2v) is 3.91. The van der Waals surface area contributed by atoms with Gasteiger partial charge in [0.2, 0.25) is 0 Å². The fourth-order valence-electron chi connectivity index (χ4n) is 2.04. The van der Waals surface area contributed by atoms with Crippen molar-refractivity contribution in [3.05, 3.63) is 0 Å². The van der Waals surface area contributed by atoms with Gasteiger partial charge in [-0.2, -0.15) is 0 Å². The molecule has 3 nitrogen and oxygen atoms in total. The van der Waals surface area contributed by atoms with Gasteiger partial charge in [-0.05, 0) is 32.1 Å². The Morgan fingerprint density at radius 2 is 2.14 bits per heavy atom. The first kappa shape index (κ1) is 13.7. The normalized spacial score (nSPS) is 31.8. The number of hydrogen-bond acceptors (Lipinski definition) is 3. The SMILES string of the molecule is CCOC(=O)C1CCC(N)CC1C.Cl. The first-order chi connectivity index (χ1) is 6.15. The zero-order valence-electron chi connectivity index (χ0n) is 8.86. The molecule has 1 fully saturated rings. The van der Waals surface area contributed by atoms with Gasteiger partial charge in [0.25, 0.3) is 0 Å². The summed E-state index contributed by atoms with van der Waals surface area (Å²) in [5.74, 6) is 0.421. The Balaban J connectivity index is 0.00000169. The highest BCUT2D eigenvalue weighted by Crippen LogP contribution is 2.29. The van der Waals surface area contributed by atoms with Crippen molar-refractivity contribution in [2.45, 2.75) is 39.2 Å². The molecule has 1 aliphatic rings. The summed E-state index contributed by atoms with van der Waals surface area (Å²) < 4.78 is 5.01. The molecule has 3 unspecified atom stereocenters. The molecule has 1 rings (SSSR count). The lowest BCUT2D eigenvalue weighted by Gasteiger charge is -2.30. The van der Waals surface area contributed by atoms with Crippen molar-refractivity contribution in [2.75, 3.05) is 6.61 Å². The van der Waals surface area contributed by atoms with Gasteiger partial charge in [-0.25, -0.2) is 0 Å². The summed E-state index contributed by atoms with van der Waals surface area (Å²) in [7, 11) is 0. The van der Waals surface area contributed by atoms with Gasteiger partial charge in [0, 0.05) is 6.04 Å². The van der Waals surface area contributed by atoms with Crippen molar-refractivity contribution in [1.29, 1.82) is 0 Å². The molecule has 0 amide bonds. The minimum absolute atomic E-state index is 0. The third-order valence-corrected chi connectivity index (χ3v) is 2.80. The molecule has 2 N–H and O–H groups in total. The molecule has 0 heterocycles. The number of carbonyl (C=O) groups excluding carboxylic acids is 1. The molecule has 0 aliphatic heterocycles. The molecule has 0 aromatic rings. The van der Waals surface area contributed by atoms with Crippen LogP contribution in [0, 0.1) is 11.8 Å². The highest BCUT2D eigenvalue weighted by Gasteiger charge is 2.31. The first-order valence-corrected chi connectivity index (χ1v) is 5.07. The van der Waals surface area contributed by atoms with Crippen molar-refractivity contribution in [1.82, 2.24) is 0 Å². The van der Waals surface area contributed by atoms with Crippen molar-refractivity contribution >= 4 is 18.4 Å². The lowest BCUT2D eigenvalue weighted by Crippen LogP contribution is -2.36. The van der Waals surface area contributed by atoms with Gasteiger partial charge in [-0.15, -0.1) is 12.4 Å². The number of halogens is 1. The molecule has 1 aliphatic carbocycles. The topological polar surface area (TPSA) is 52.3 Å². The first-order valence-electron chi connectivity index (χ1n) is 5.07. The lowest BCUT2D eigenvalue weighted by atomic mass is 9.78. The van der Waals surface area contributed by atoms with E-state index in [1.54, 1.807) is 0 Å². The fraction of sp³-hybridized carbons (Fsp3) is 0.900. The molecular weight excluding hydrogens is 202 g/mol. The third kappa shape index (κ3) is 3.46. The molecule has 14 heavy (non-hydrogen) atoms. The van der Waals surface area contributed by atoms with E-state index in [1.165, 1.54) is 0 Å². The highest BCUT2D eigenvalue weighted by molar-refractivity contribution is 5.85. The van der Waals surface area contributed by atoms with Crippen molar-refractivity contribution in [2.24, 2.45) is 17.6 Å². The fourth-order valence-corrected chi connectivity index (χ4v) is 2.04. The molecule has 0 radical (unpaired) electrons. The van der Waals surface area contributed by atoms with E-state index in [0.29, 0.717) is 12.5 Å². The van der Waals surface area contributed by atoms with Crippen LogP contribution in [0.5, 0.6) is 0 Å². The smallest absolute Gasteiger partial charge is 0.309 e. The summed E-state index contributed by atoms with van der Waals surface area (Å²) in [4.78, 5) is 11.5. The van der Waals surface area contributed by atoms with Crippen molar-refractivity contribution in [3.63, 3.8) is 0 Å². The Bertz CT molecular complexity index is 187. The number of ether oxygens (including phenoxy) is 1.